The third kappa shape index (κ3) is 4.49. The summed E-state index contributed by atoms with van der Waals surface area (Å²) in [7, 11) is 1.87. The van der Waals surface area contributed by atoms with E-state index in [-0.39, 0.29) is 11.8 Å². The standard InChI is InChI=1S/C15H24N2O/c1-3-14(12-16)15(18)17(2)11-7-10-13-8-5-4-6-9-13/h4-6,8-9,14H,3,7,10-12,16H2,1-2H3. The Morgan fingerprint density at radius 1 is 1.33 bits per heavy atom. The van der Waals surface area contributed by atoms with E-state index in [1.165, 1.54) is 5.56 Å². The summed E-state index contributed by atoms with van der Waals surface area (Å²) in [5.74, 6) is 0.153. The van der Waals surface area contributed by atoms with Crippen molar-refractivity contribution in [1.82, 2.24) is 4.90 Å². The predicted octanol–water partition coefficient (Wildman–Crippen LogP) is 2.06. The lowest BCUT2D eigenvalue weighted by Crippen LogP contribution is -2.37. The first-order chi connectivity index (χ1) is 8.69. The third-order valence-electron chi connectivity index (χ3n) is 3.30. The first kappa shape index (κ1) is 14.7. The fourth-order valence-electron chi connectivity index (χ4n) is 2.03. The van der Waals surface area contributed by atoms with Gasteiger partial charge in [-0.05, 0) is 24.8 Å². The van der Waals surface area contributed by atoms with Crippen LogP contribution in [0.2, 0.25) is 0 Å². The molecule has 0 spiro atoms. The van der Waals surface area contributed by atoms with E-state index in [1.807, 2.05) is 37.1 Å². The molecule has 0 radical (unpaired) electrons. The second kappa shape index (κ2) is 7.88. The van der Waals surface area contributed by atoms with Crippen LogP contribution in [0.3, 0.4) is 0 Å². The Morgan fingerprint density at radius 2 is 2.00 bits per heavy atom. The summed E-state index contributed by atoms with van der Waals surface area (Å²) in [6, 6.07) is 10.4. The SMILES string of the molecule is CCC(CN)C(=O)N(C)CCCc1ccccc1. The molecule has 0 bridgehead atoms. The molecular weight excluding hydrogens is 224 g/mol. The molecule has 1 rings (SSSR count). The second-order valence-electron chi connectivity index (χ2n) is 4.69. The average molecular weight is 248 g/mol. The minimum atomic E-state index is -0.0216. The molecule has 0 heterocycles. The van der Waals surface area contributed by atoms with Crippen LogP contribution in [0, 0.1) is 5.92 Å². The van der Waals surface area contributed by atoms with Gasteiger partial charge in [0.15, 0.2) is 0 Å². The van der Waals surface area contributed by atoms with E-state index in [2.05, 4.69) is 12.1 Å². The second-order valence-corrected chi connectivity index (χ2v) is 4.69. The van der Waals surface area contributed by atoms with Gasteiger partial charge in [0.2, 0.25) is 5.91 Å². The Kier molecular flexibility index (Phi) is 6.44. The van der Waals surface area contributed by atoms with E-state index in [0.717, 1.165) is 25.8 Å². The van der Waals surface area contributed by atoms with Gasteiger partial charge in [0, 0.05) is 20.1 Å². The van der Waals surface area contributed by atoms with Gasteiger partial charge in [-0.15, -0.1) is 0 Å². The van der Waals surface area contributed by atoms with Crippen molar-refractivity contribution >= 4 is 5.91 Å². The maximum Gasteiger partial charge on any atom is 0.226 e. The molecule has 100 valence electrons. The Morgan fingerprint density at radius 3 is 2.56 bits per heavy atom. The number of amides is 1. The van der Waals surface area contributed by atoms with Gasteiger partial charge >= 0.3 is 0 Å². The van der Waals surface area contributed by atoms with Gasteiger partial charge in [0.25, 0.3) is 0 Å². The van der Waals surface area contributed by atoms with Crippen molar-refractivity contribution in [2.45, 2.75) is 26.2 Å². The molecular formula is C15H24N2O. The van der Waals surface area contributed by atoms with Gasteiger partial charge in [-0.25, -0.2) is 0 Å². The number of benzene rings is 1. The molecule has 0 fully saturated rings. The first-order valence-electron chi connectivity index (χ1n) is 6.68. The van der Waals surface area contributed by atoms with Crippen LogP contribution in [-0.4, -0.2) is 30.9 Å². The number of nitrogens with two attached hydrogens (primary N) is 1. The van der Waals surface area contributed by atoms with E-state index in [4.69, 9.17) is 5.73 Å². The van der Waals surface area contributed by atoms with E-state index in [0.29, 0.717) is 6.54 Å². The Labute approximate surface area is 110 Å². The highest BCUT2D eigenvalue weighted by molar-refractivity contribution is 5.78. The van der Waals surface area contributed by atoms with Crippen LogP contribution in [0.5, 0.6) is 0 Å². The molecule has 1 amide bonds. The minimum Gasteiger partial charge on any atom is -0.345 e. The minimum absolute atomic E-state index is 0.0216. The molecule has 3 heteroatoms. The Bertz CT molecular complexity index is 347. The topological polar surface area (TPSA) is 46.3 Å². The maximum absolute atomic E-state index is 12.0. The number of rotatable bonds is 7. The van der Waals surface area contributed by atoms with Crippen molar-refractivity contribution < 1.29 is 4.79 Å². The molecule has 0 aliphatic rings. The lowest BCUT2D eigenvalue weighted by Gasteiger charge is -2.22. The molecule has 0 saturated heterocycles. The van der Waals surface area contributed by atoms with E-state index >= 15 is 0 Å². The summed E-state index contributed by atoms with van der Waals surface area (Å²) in [4.78, 5) is 13.8. The molecule has 0 aromatic heterocycles. The number of hydrogen-bond donors (Lipinski definition) is 1. The summed E-state index contributed by atoms with van der Waals surface area (Å²) in [5.41, 5.74) is 6.92. The molecule has 0 saturated carbocycles. The lowest BCUT2D eigenvalue weighted by molar-refractivity contribution is -0.134. The van der Waals surface area contributed by atoms with E-state index in [9.17, 15) is 4.79 Å². The van der Waals surface area contributed by atoms with Crippen molar-refractivity contribution in [3.05, 3.63) is 35.9 Å². The third-order valence-corrected chi connectivity index (χ3v) is 3.30. The molecule has 1 unspecified atom stereocenters. The van der Waals surface area contributed by atoms with Crippen LogP contribution >= 0.6 is 0 Å². The summed E-state index contributed by atoms with van der Waals surface area (Å²) < 4.78 is 0. The number of aryl methyl sites for hydroxylation is 1. The normalized spacial score (nSPS) is 12.2. The van der Waals surface area contributed by atoms with Crippen LogP contribution in [-0.2, 0) is 11.2 Å². The van der Waals surface area contributed by atoms with Crippen LogP contribution in [0.25, 0.3) is 0 Å². The van der Waals surface area contributed by atoms with Crippen LogP contribution in [0.4, 0.5) is 0 Å². The predicted molar refractivity (Wildman–Crippen MR) is 75.2 cm³/mol. The highest BCUT2D eigenvalue weighted by Crippen LogP contribution is 2.07. The highest BCUT2D eigenvalue weighted by atomic mass is 16.2. The molecule has 0 aliphatic heterocycles. The summed E-state index contributed by atoms with van der Waals surface area (Å²) >= 11 is 0. The van der Waals surface area contributed by atoms with Crippen LogP contribution < -0.4 is 5.73 Å². The first-order valence-corrected chi connectivity index (χ1v) is 6.68. The maximum atomic E-state index is 12.0. The lowest BCUT2D eigenvalue weighted by atomic mass is 10.1. The van der Waals surface area contributed by atoms with Crippen molar-refractivity contribution in [1.29, 1.82) is 0 Å². The van der Waals surface area contributed by atoms with Gasteiger partial charge < -0.3 is 10.6 Å². The van der Waals surface area contributed by atoms with Gasteiger partial charge in [0.1, 0.15) is 0 Å². The molecule has 3 nitrogen and oxygen atoms in total. The number of nitrogens with zero attached hydrogens (tertiary/aromatic N) is 1. The smallest absolute Gasteiger partial charge is 0.226 e. The van der Waals surface area contributed by atoms with Crippen LogP contribution in [0.15, 0.2) is 30.3 Å². The van der Waals surface area contributed by atoms with Crippen molar-refractivity contribution in [3.63, 3.8) is 0 Å². The zero-order valence-electron chi connectivity index (χ0n) is 11.4. The van der Waals surface area contributed by atoms with Crippen molar-refractivity contribution in [2.24, 2.45) is 11.7 Å². The zero-order chi connectivity index (χ0) is 13.4. The Hall–Kier alpha value is -1.35. The largest absolute Gasteiger partial charge is 0.345 e. The fourth-order valence-corrected chi connectivity index (χ4v) is 2.03. The van der Waals surface area contributed by atoms with Gasteiger partial charge in [-0.1, -0.05) is 37.3 Å². The van der Waals surface area contributed by atoms with Crippen LogP contribution in [0.1, 0.15) is 25.3 Å². The highest BCUT2D eigenvalue weighted by Gasteiger charge is 2.18. The number of carbonyl (C=O) groups excluding carboxylic acids is 1. The molecule has 1 aromatic carbocycles. The summed E-state index contributed by atoms with van der Waals surface area (Å²) in [6.07, 6.45) is 2.82. The van der Waals surface area contributed by atoms with Crippen molar-refractivity contribution in [3.8, 4) is 0 Å². The number of carbonyl (C=O) groups is 1. The fraction of sp³-hybridized carbons (Fsp3) is 0.533. The summed E-state index contributed by atoms with van der Waals surface area (Å²) in [6.45, 7) is 3.25. The van der Waals surface area contributed by atoms with E-state index in [1.54, 1.807) is 0 Å². The van der Waals surface area contributed by atoms with Gasteiger partial charge in [-0.3, -0.25) is 4.79 Å². The van der Waals surface area contributed by atoms with Gasteiger partial charge in [0.05, 0.1) is 5.92 Å². The molecule has 2 N–H and O–H groups in total. The molecule has 1 atom stereocenters. The molecule has 0 aliphatic carbocycles. The molecule has 1 aromatic rings. The average Bonchev–Trinajstić information content (AvgIpc) is 2.41. The zero-order valence-corrected chi connectivity index (χ0v) is 11.4. The van der Waals surface area contributed by atoms with Crippen molar-refractivity contribution in [2.75, 3.05) is 20.1 Å². The Balaban J connectivity index is 2.33. The quantitative estimate of drug-likeness (QED) is 0.803. The van der Waals surface area contributed by atoms with Gasteiger partial charge in [-0.2, -0.15) is 0 Å². The monoisotopic (exact) mass is 248 g/mol. The number of hydrogen-bond acceptors (Lipinski definition) is 2. The van der Waals surface area contributed by atoms with E-state index < -0.39 is 0 Å². The summed E-state index contributed by atoms with van der Waals surface area (Å²) in [5, 5.41) is 0. The molecule has 18 heavy (non-hydrogen) atoms.